The first-order chi connectivity index (χ1) is 8.59. The first-order valence-electron chi connectivity index (χ1n) is 6.34. The fourth-order valence-electron chi connectivity index (χ4n) is 1.62. The van der Waals surface area contributed by atoms with Crippen LogP contribution in [-0.2, 0) is 14.4 Å². The molecule has 0 atom stereocenters. The fourth-order valence-corrected chi connectivity index (χ4v) is 1.62. The predicted molar refractivity (Wildman–Crippen MR) is 63.3 cm³/mol. The second-order valence-electron chi connectivity index (χ2n) is 4.47. The molecule has 0 amide bonds. The van der Waals surface area contributed by atoms with Gasteiger partial charge in [0, 0.05) is 6.42 Å². The second-order valence-corrected chi connectivity index (χ2v) is 4.47. The standard InChI is InChI=1S/C11H21N3O4/c1-10(2)18-11(15)6-5-9-17-12-14(16)13-7-3-4-8-13/h10H,3-9H2,1-2H3/b14-12-. The van der Waals surface area contributed by atoms with Crippen LogP contribution in [0.2, 0.25) is 0 Å². The molecular formula is C11H21N3O4. The summed E-state index contributed by atoms with van der Waals surface area (Å²) < 4.78 is 4.95. The average Bonchev–Trinajstić information content (AvgIpc) is 2.80. The lowest BCUT2D eigenvalue weighted by Crippen LogP contribution is -2.27. The van der Waals surface area contributed by atoms with E-state index in [1.165, 1.54) is 0 Å². The summed E-state index contributed by atoms with van der Waals surface area (Å²) in [7, 11) is 0. The first kappa shape index (κ1) is 14.5. The van der Waals surface area contributed by atoms with Crippen molar-refractivity contribution in [2.45, 2.75) is 45.6 Å². The molecule has 0 aromatic carbocycles. The summed E-state index contributed by atoms with van der Waals surface area (Å²) in [6.45, 7) is 5.28. The van der Waals surface area contributed by atoms with Crippen molar-refractivity contribution in [3.8, 4) is 0 Å². The molecule has 0 N–H and O–H groups in total. The highest BCUT2D eigenvalue weighted by molar-refractivity contribution is 5.69. The summed E-state index contributed by atoms with van der Waals surface area (Å²) >= 11 is 0. The van der Waals surface area contributed by atoms with Crippen molar-refractivity contribution in [1.29, 1.82) is 0 Å². The van der Waals surface area contributed by atoms with E-state index >= 15 is 0 Å². The molecule has 0 bridgehead atoms. The van der Waals surface area contributed by atoms with Gasteiger partial charge in [-0.05, 0) is 33.1 Å². The van der Waals surface area contributed by atoms with Crippen LogP contribution < -0.4 is 0 Å². The van der Waals surface area contributed by atoms with Crippen LogP contribution in [0.15, 0.2) is 5.28 Å². The molecule has 0 aliphatic carbocycles. The Kier molecular flexibility index (Phi) is 6.24. The van der Waals surface area contributed by atoms with Gasteiger partial charge < -0.3 is 14.8 Å². The van der Waals surface area contributed by atoms with Crippen LogP contribution in [0.1, 0.15) is 39.5 Å². The maximum atomic E-state index is 11.3. The van der Waals surface area contributed by atoms with E-state index in [0.29, 0.717) is 11.4 Å². The Morgan fingerprint density at radius 2 is 2.11 bits per heavy atom. The number of carbonyl (C=O) groups excluding carboxylic acids is 1. The number of hydrogen-bond acceptors (Lipinski definition) is 5. The Hall–Kier alpha value is -1.53. The molecule has 0 aromatic heterocycles. The molecule has 0 aromatic rings. The molecule has 0 radical (unpaired) electrons. The van der Waals surface area contributed by atoms with E-state index in [2.05, 4.69) is 5.28 Å². The predicted octanol–water partition coefficient (Wildman–Crippen LogP) is 1.62. The van der Waals surface area contributed by atoms with Crippen molar-refractivity contribution in [1.82, 2.24) is 5.01 Å². The van der Waals surface area contributed by atoms with Gasteiger partial charge in [-0.3, -0.25) is 4.79 Å². The number of rotatable bonds is 7. The number of hydrazine groups is 1. The fraction of sp³-hybridized carbons (Fsp3) is 0.909. The number of carbonyl (C=O) groups is 1. The van der Waals surface area contributed by atoms with Crippen molar-refractivity contribution in [3.05, 3.63) is 5.21 Å². The SMILES string of the molecule is CC(C)OC(=O)CCCO/N=[N+](\[O-])N1CCCC1. The highest BCUT2D eigenvalue weighted by Crippen LogP contribution is 2.07. The zero-order valence-electron chi connectivity index (χ0n) is 11.0. The highest BCUT2D eigenvalue weighted by atomic mass is 16.7. The van der Waals surface area contributed by atoms with Gasteiger partial charge in [0.15, 0.2) is 0 Å². The Morgan fingerprint density at radius 3 is 2.72 bits per heavy atom. The summed E-state index contributed by atoms with van der Waals surface area (Å²) in [5.74, 6) is -0.257. The summed E-state index contributed by atoms with van der Waals surface area (Å²) in [5.41, 5.74) is 0. The normalized spacial score (nSPS) is 16.2. The van der Waals surface area contributed by atoms with Gasteiger partial charge in [-0.2, -0.15) is 0 Å². The van der Waals surface area contributed by atoms with E-state index in [1.807, 2.05) is 0 Å². The van der Waals surface area contributed by atoms with Crippen LogP contribution in [-0.4, -0.2) is 41.7 Å². The van der Waals surface area contributed by atoms with Crippen molar-refractivity contribution >= 4 is 5.97 Å². The minimum absolute atomic E-state index is 0.101. The quantitative estimate of drug-likeness (QED) is 0.228. The van der Waals surface area contributed by atoms with E-state index in [9.17, 15) is 10.0 Å². The summed E-state index contributed by atoms with van der Waals surface area (Å²) in [6, 6.07) is 0. The summed E-state index contributed by atoms with van der Waals surface area (Å²) in [5, 5.41) is 16.3. The topological polar surface area (TPSA) is 77.2 Å². The van der Waals surface area contributed by atoms with Gasteiger partial charge in [0.2, 0.25) is 5.28 Å². The molecule has 0 unspecified atom stereocenters. The van der Waals surface area contributed by atoms with Gasteiger partial charge in [-0.25, -0.2) is 0 Å². The Morgan fingerprint density at radius 1 is 1.44 bits per heavy atom. The average molecular weight is 259 g/mol. The minimum Gasteiger partial charge on any atom is -0.569 e. The van der Waals surface area contributed by atoms with Gasteiger partial charge >= 0.3 is 5.97 Å². The molecule has 18 heavy (non-hydrogen) atoms. The molecule has 7 heteroatoms. The molecule has 1 aliphatic heterocycles. The first-order valence-corrected chi connectivity index (χ1v) is 6.34. The zero-order valence-corrected chi connectivity index (χ0v) is 11.0. The zero-order chi connectivity index (χ0) is 13.4. The molecule has 1 saturated heterocycles. The monoisotopic (exact) mass is 259 g/mol. The van der Waals surface area contributed by atoms with Gasteiger partial charge in [0.05, 0.1) is 24.2 Å². The smallest absolute Gasteiger partial charge is 0.306 e. The van der Waals surface area contributed by atoms with Crippen molar-refractivity contribution < 1.29 is 19.3 Å². The third kappa shape index (κ3) is 5.70. The van der Waals surface area contributed by atoms with Crippen LogP contribution in [0.25, 0.3) is 0 Å². The van der Waals surface area contributed by atoms with Crippen LogP contribution in [0, 0.1) is 5.21 Å². The van der Waals surface area contributed by atoms with E-state index in [0.717, 1.165) is 25.9 Å². The summed E-state index contributed by atoms with van der Waals surface area (Å²) in [4.78, 5) is 16.5. The van der Waals surface area contributed by atoms with Crippen LogP contribution >= 0.6 is 0 Å². The van der Waals surface area contributed by atoms with Crippen molar-refractivity contribution in [2.24, 2.45) is 5.28 Å². The van der Waals surface area contributed by atoms with Crippen molar-refractivity contribution in [2.75, 3.05) is 19.7 Å². The van der Waals surface area contributed by atoms with E-state index < -0.39 is 0 Å². The molecule has 0 saturated carbocycles. The number of ether oxygens (including phenoxy) is 1. The lowest BCUT2D eigenvalue weighted by atomic mass is 10.3. The molecule has 7 nitrogen and oxygen atoms in total. The Bertz CT molecular complexity index is 288. The minimum atomic E-state index is -0.257. The van der Waals surface area contributed by atoms with E-state index in [-0.39, 0.29) is 25.1 Å². The lowest BCUT2D eigenvalue weighted by molar-refractivity contribution is -0.707. The molecule has 104 valence electrons. The van der Waals surface area contributed by atoms with Gasteiger partial charge in [0.1, 0.15) is 6.61 Å². The highest BCUT2D eigenvalue weighted by Gasteiger charge is 2.18. The maximum absolute atomic E-state index is 11.3. The number of nitrogens with zero attached hydrogens (tertiary/aromatic N) is 3. The number of hydrogen-bond donors (Lipinski definition) is 0. The third-order valence-corrected chi connectivity index (χ3v) is 2.44. The molecule has 1 aliphatic rings. The number of esters is 1. The molecule has 0 spiro atoms. The van der Waals surface area contributed by atoms with Gasteiger partial charge in [-0.1, -0.05) is 0 Å². The second kappa shape index (κ2) is 7.73. The van der Waals surface area contributed by atoms with Gasteiger partial charge in [0.25, 0.3) is 0 Å². The molecule has 1 heterocycles. The van der Waals surface area contributed by atoms with Crippen LogP contribution in [0.5, 0.6) is 0 Å². The van der Waals surface area contributed by atoms with E-state index in [4.69, 9.17) is 9.57 Å². The van der Waals surface area contributed by atoms with Crippen molar-refractivity contribution in [3.63, 3.8) is 0 Å². The van der Waals surface area contributed by atoms with E-state index in [1.54, 1.807) is 18.9 Å². The maximum Gasteiger partial charge on any atom is 0.306 e. The molecule has 1 fully saturated rings. The third-order valence-electron chi connectivity index (χ3n) is 2.44. The van der Waals surface area contributed by atoms with Crippen LogP contribution in [0.3, 0.4) is 0 Å². The lowest BCUT2D eigenvalue weighted by Gasteiger charge is -2.10. The van der Waals surface area contributed by atoms with Crippen LogP contribution in [0.4, 0.5) is 0 Å². The Balaban J connectivity index is 2.07. The summed E-state index contributed by atoms with van der Waals surface area (Å²) in [6.07, 6.45) is 2.68. The van der Waals surface area contributed by atoms with Gasteiger partial charge in [-0.15, -0.1) is 5.01 Å². The largest absolute Gasteiger partial charge is 0.569 e. The molecule has 1 rings (SSSR count). The Labute approximate surface area is 107 Å². The molecular weight excluding hydrogens is 238 g/mol.